The van der Waals surface area contributed by atoms with Crippen molar-refractivity contribution in [2.75, 3.05) is 7.11 Å². The van der Waals surface area contributed by atoms with Gasteiger partial charge >= 0.3 is 5.97 Å². The third kappa shape index (κ3) is 3.61. The molecule has 1 aromatic heterocycles. The van der Waals surface area contributed by atoms with Gasteiger partial charge in [-0.05, 0) is 24.3 Å². The van der Waals surface area contributed by atoms with Gasteiger partial charge in [-0.2, -0.15) is 5.26 Å². The minimum absolute atomic E-state index is 0.221. The first-order chi connectivity index (χ1) is 10.2. The van der Waals surface area contributed by atoms with Gasteiger partial charge in [-0.1, -0.05) is 19.3 Å². The van der Waals surface area contributed by atoms with Gasteiger partial charge in [0.25, 0.3) is 5.91 Å². The van der Waals surface area contributed by atoms with Crippen LogP contribution in [0.2, 0.25) is 0 Å². The van der Waals surface area contributed by atoms with Crippen LogP contribution in [0.15, 0.2) is 11.4 Å². The second-order valence-electron chi connectivity index (χ2n) is 5.12. The van der Waals surface area contributed by atoms with Crippen molar-refractivity contribution in [1.29, 1.82) is 5.26 Å². The normalized spacial score (nSPS) is 21.9. The molecule has 112 valence electrons. The van der Waals surface area contributed by atoms with E-state index in [4.69, 9.17) is 10.00 Å². The zero-order valence-corrected chi connectivity index (χ0v) is 12.7. The largest absolute Gasteiger partial charge is 0.469 e. The molecular weight excluding hydrogens is 288 g/mol. The molecule has 5 nitrogen and oxygen atoms in total. The summed E-state index contributed by atoms with van der Waals surface area (Å²) < 4.78 is 4.85. The molecule has 1 amide bonds. The van der Waals surface area contributed by atoms with E-state index in [2.05, 4.69) is 5.32 Å². The number of amides is 1. The Labute approximate surface area is 127 Å². The second kappa shape index (κ2) is 7.23. The summed E-state index contributed by atoms with van der Waals surface area (Å²) in [6.07, 6.45) is 4.50. The van der Waals surface area contributed by atoms with E-state index in [1.807, 2.05) is 6.07 Å². The third-order valence-corrected chi connectivity index (χ3v) is 4.74. The summed E-state index contributed by atoms with van der Waals surface area (Å²) >= 11 is 1.24. The fourth-order valence-corrected chi connectivity index (χ4v) is 3.47. The van der Waals surface area contributed by atoms with Crippen LogP contribution in [0.1, 0.15) is 47.3 Å². The zero-order valence-electron chi connectivity index (χ0n) is 11.9. The van der Waals surface area contributed by atoms with Crippen LogP contribution in [0.5, 0.6) is 0 Å². The first kappa shape index (κ1) is 15.5. The number of hydrogen-bond acceptors (Lipinski definition) is 5. The highest BCUT2D eigenvalue weighted by Crippen LogP contribution is 2.25. The summed E-state index contributed by atoms with van der Waals surface area (Å²) in [6, 6.07) is 3.42. The van der Waals surface area contributed by atoms with Gasteiger partial charge in [-0.15, -0.1) is 11.3 Å². The number of nitriles is 1. The average molecular weight is 306 g/mol. The van der Waals surface area contributed by atoms with E-state index in [1.165, 1.54) is 18.4 Å². The van der Waals surface area contributed by atoms with Gasteiger partial charge in [0.15, 0.2) is 0 Å². The predicted octanol–water partition coefficient (Wildman–Crippen LogP) is 2.47. The van der Waals surface area contributed by atoms with E-state index < -0.39 is 0 Å². The Morgan fingerprint density at radius 1 is 1.38 bits per heavy atom. The van der Waals surface area contributed by atoms with Crippen LogP contribution in [-0.4, -0.2) is 25.0 Å². The summed E-state index contributed by atoms with van der Waals surface area (Å²) in [5.74, 6) is -0.844. The molecular formula is C15H18N2O3S. The Hall–Kier alpha value is -1.87. The zero-order chi connectivity index (χ0) is 15.2. The lowest BCUT2D eigenvalue weighted by atomic mass is 9.94. The van der Waals surface area contributed by atoms with Crippen molar-refractivity contribution in [1.82, 2.24) is 5.32 Å². The summed E-state index contributed by atoms with van der Waals surface area (Å²) in [5, 5.41) is 13.6. The fourth-order valence-electron chi connectivity index (χ4n) is 2.72. The van der Waals surface area contributed by atoms with Crippen LogP contribution in [0.25, 0.3) is 0 Å². The lowest BCUT2D eigenvalue weighted by Gasteiger charge is -2.23. The number of ether oxygens (including phenoxy) is 1. The Bertz CT molecular complexity index is 562. The molecule has 0 aliphatic heterocycles. The lowest BCUT2D eigenvalue weighted by molar-refractivity contribution is -0.146. The Balaban J connectivity index is 2.13. The van der Waals surface area contributed by atoms with Crippen LogP contribution in [-0.2, 0) is 9.53 Å². The van der Waals surface area contributed by atoms with Crippen molar-refractivity contribution in [3.05, 3.63) is 21.9 Å². The van der Waals surface area contributed by atoms with Crippen molar-refractivity contribution >= 4 is 23.2 Å². The summed E-state index contributed by atoms with van der Waals surface area (Å²) in [4.78, 5) is 24.6. The van der Waals surface area contributed by atoms with Crippen molar-refractivity contribution < 1.29 is 14.3 Å². The van der Waals surface area contributed by atoms with E-state index in [0.717, 1.165) is 32.1 Å². The number of carbonyl (C=O) groups is 2. The Morgan fingerprint density at radius 3 is 2.86 bits per heavy atom. The van der Waals surface area contributed by atoms with Gasteiger partial charge in [0, 0.05) is 6.04 Å². The smallest absolute Gasteiger partial charge is 0.310 e. The van der Waals surface area contributed by atoms with Gasteiger partial charge in [0.2, 0.25) is 0 Å². The number of methoxy groups -OCH3 is 1. The van der Waals surface area contributed by atoms with Crippen molar-refractivity contribution in [2.24, 2.45) is 5.92 Å². The number of carbonyl (C=O) groups excluding carboxylic acids is 2. The molecule has 1 N–H and O–H groups in total. The lowest BCUT2D eigenvalue weighted by Crippen LogP contribution is -2.43. The minimum atomic E-state index is -0.299. The maximum absolute atomic E-state index is 12.3. The molecule has 1 saturated carbocycles. The van der Waals surface area contributed by atoms with Crippen molar-refractivity contribution in [3.8, 4) is 6.07 Å². The number of esters is 1. The highest BCUT2D eigenvalue weighted by Gasteiger charge is 2.32. The Kier molecular flexibility index (Phi) is 5.34. The number of hydrogen-bond donors (Lipinski definition) is 1. The number of nitrogens with zero attached hydrogens (tertiary/aromatic N) is 1. The molecule has 0 unspecified atom stereocenters. The SMILES string of the molecule is COC(=O)[C@@H]1CCCCC[C@H]1NC(=O)c1sccc1C#N. The molecule has 1 aromatic rings. The maximum Gasteiger partial charge on any atom is 0.310 e. The monoisotopic (exact) mass is 306 g/mol. The molecule has 1 aliphatic carbocycles. The molecule has 2 rings (SSSR count). The molecule has 1 aliphatic rings. The van der Waals surface area contributed by atoms with E-state index in [-0.39, 0.29) is 23.8 Å². The van der Waals surface area contributed by atoms with Gasteiger partial charge in [0.05, 0.1) is 18.6 Å². The quantitative estimate of drug-likeness (QED) is 0.687. The Morgan fingerprint density at radius 2 is 2.14 bits per heavy atom. The van der Waals surface area contributed by atoms with Gasteiger partial charge in [0.1, 0.15) is 10.9 Å². The standard InChI is InChI=1S/C15H18N2O3S/c1-20-15(19)11-5-3-2-4-6-12(11)17-14(18)13-10(9-16)7-8-21-13/h7-8,11-12H,2-6H2,1H3,(H,17,18)/t11-,12-/m1/s1. The van der Waals surface area contributed by atoms with Gasteiger partial charge in [-0.3, -0.25) is 9.59 Å². The van der Waals surface area contributed by atoms with E-state index in [1.54, 1.807) is 11.4 Å². The molecule has 2 atom stereocenters. The number of thiophene rings is 1. The molecule has 0 spiro atoms. The van der Waals surface area contributed by atoms with E-state index in [9.17, 15) is 9.59 Å². The number of rotatable bonds is 3. The molecule has 1 heterocycles. The molecule has 1 fully saturated rings. The van der Waals surface area contributed by atoms with Crippen molar-refractivity contribution in [3.63, 3.8) is 0 Å². The molecule has 0 saturated heterocycles. The third-order valence-electron chi connectivity index (χ3n) is 3.83. The average Bonchev–Trinajstić information content (AvgIpc) is 2.86. The van der Waals surface area contributed by atoms with Crippen LogP contribution in [0, 0.1) is 17.2 Å². The first-order valence-corrected chi connectivity index (χ1v) is 7.91. The minimum Gasteiger partial charge on any atom is -0.469 e. The highest BCUT2D eigenvalue weighted by atomic mass is 32.1. The first-order valence-electron chi connectivity index (χ1n) is 7.03. The van der Waals surface area contributed by atoms with Crippen LogP contribution in [0.4, 0.5) is 0 Å². The fraction of sp³-hybridized carbons (Fsp3) is 0.533. The second-order valence-corrected chi connectivity index (χ2v) is 6.04. The molecule has 6 heteroatoms. The van der Waals surface area contributed by atoms with E-state index >= 15 is 0 Å². The van der Waals surface area contributed by atoms with Crippen LogP contribution in [0.3, 0.4) is 0 Å². The van der Waals surface area contributed by atoms with Gasteiger partial charge in [-0.25, -0.2) is 0 Å². The predicted molar refractivity (Wildman–Crippen MR) is 78.9 cm³/mol. The molecule has 0 aromatic carbocycles. The van der Waals surface area contributed by atoms with Gasteiger partial charge < -0.3 is 10.1 Å². The number of nitrogens with one attached hydrogen (secondary N) is 1. The highest BCUT2D eigenvalue weighted by molar-refractivity contribution is 7.12. The summed E-state index contributed by atoms with van der Waals surface area (Å²) in [6.45, 7) is 0. The van der Waals surface area contributed by atoms with Crippen LogP contribution < -0.4 is 5.32 Å². The van der Waals surface area contributed by atoms with Crippen molar-refractivity contribution in [2.45, 2.75) is 38.1 Å². The van der Waals surface area contributed by atoms with Crippen LogP contribution >= 0.6 is 11.3 Å². The maximum atomic E-state index is 12.3. The summed E-state index contributed by atoms with van der Waals surface area (Å²) in [5.41, 5.74) is 0.376. The molecule has 0 radical (unpaired) electrons. The van der Waals surface area contributed by atoms with E-state index in [0.29, 0.717) is 10.4 Å². The topological polar surface area (TPSA) is 79.2 Å². The molecule has 21 heavy (non-hydrogen) atoms. The molecule has 0 bridgehead atoms. The summed E-state index contributed by atoms with van der Waals surface area (Å²) in [7, 11) is 1.37.